The van der Waals surface area contributed by atoms with Crippen LogP contribution in [0.4, 0.5) is 0 Å². The fourth-order valence-electron chi connectivity index (χ4n) is 10.1. The number of amides is 3. The molecule has 6 rings (SSSR count). The van der Waals surface area contributed by atoms with Crippen LogP contribution in [0.25, 0.3) is 10.4 Å². The van der Waals surface area contributed by atoms with Crippen LogP contribution in [0.5, 0.6) is 5.75 Å². The second-order valence-electron chi connectivity index (χ2n) is 20.6. The fourth-order valence-corrected chi connectivity index (χ4v) is 11.2. The molecule has 0 unspecified atom stereocenters. The molecule has 1 aliphatic carbocycles. The van der Waals surface area contributed by atoms with E-state index < -0.39 is 29.5 Å². The van der Waals surface area contributed by atoms with E-state index >= 15 is 0 Å². The molecule has 4 aromatic rings. The first-order valence-electron chi connectivity index (χ1n) is 23.9. The number of aliphatic hydroxyl groups is 1. The van der Waals surface area contributed by atoms with Crippen LogP contribution in [0.2, 0.25) is 5.02 Å². The number of hydrogen-bond acceptors (Lipinski definition) is 10. The van der Waals surface area contributed by atoms with E-state index in [1.54, 1.807) is 29.5 Å². The van der Waals surface area contributed by atoms with Crippen molar-refractivity contribution < 1.29 is 33.8 Å². The second-order valence-corrected chi connectivity index (χ2v) is 21.9. The number of aromatic nitrogens is 1. The van der Waals surface area contributed by atoms with Crippen molar-refractivity contribution in [1.82, 2.24) is 20.5 Å². The predicted octanol–water partition coefficient (Wildman–Crippen LogP) is 9.32. The smallest absolute Gasteiger partial charge is 0.251 e. The average Bonchev–Trinajstić information content (AvgIpc) is 3.95. The molecule has 3 aromatic carbocycles. The van der Waals surface area contributed by atoms with Crippen molar-refractivity contribution >= 4 is 46.4 Å². The van der Waals surface area contributed by atoms with Gasteiger partial charge in [0.15, 0.2) is 5.78 Å². The van der Waals surface area contributed by atoms with Gasteiger partial charge in [0.1, 0.15) is 30.6 Å². The molecule has 3 atom stereocenters. The summed E-state index contributed by atoms with van der Waals surface area (Å²) in [4.78, 5) is 61.2. The minimum atomic E-state index is -0.910. The Labute approximate surface area is 411 Å². The number of ether oxygens (including phenoxy) is 2. The van der Waals surface area contributed by atoms with Crippen molar-refractivity contribution in [1.29, 1.82) is 5.26 Å². The third kappa shape index (κ3) is 12.5. The Morgan fingerprint density at radius 3 is 2.26 bits per heavy atom. The van der Waals surface area contributed by atoms with Gasteiger partial charge in [0.2, 0.25) is 11.8 Å². The van der Waals surface area contributed by atoms with Gasteiger partial charge in [-0.2, -0.15) is 5.26 Å². The number of β-amino-alcohol motifs (C(OH)–C–C–N with tert-alkyl or cyclic N) is 1. The Bertz CT molecular complexity index is 2420. The van der Waals surface area contributed by atoms with Gasteiger partial charge in [-0.1, -0.05) is 116 Å². The number of ketones is 1. The van der Waals surface area contributed by atoms with Gasteiger partial charge in [0.25, 0.3) is 5.91 Å². The van der Waals surface area contributed by atoms with Crippen molar-refractivity contribution in [3.63, 3.8) is 0 Å². The van der Waals surface area contributed by atoms with Crippen LogP contribution < -0.4 is 15.4 Å². The summed E-state index contributed by atoms with van der Waals surface area (Å²) in [5.74, 6) is -0.441. The van der Waals surface area contributed by atoms with Gasteiger partial charge < -0.3 is 30.1 Å². The maximum atomic E-state index is 14.0. The van der Waals surface area contributed by atoms with E-state index in [2.05, 4.69) is 68.4 Å². The Morgan fingerprint density at radius 1 is 0.956 bits per heavy atom. The lowest BCUT2D eigenvalue weighted by molar-refractivity contribution is -0.164. The summed E-state index contributed by atoms with van der Waals surface area (Å²) in [6.07, 6.45) is 5.28. The maximum absolute atomic E-state index is 14.0. The zero-order valence-electron chi connectivity index (χ0n) is 40.8. The monoisotopic (exact) mass is 965 g/mol. The highest BCUT2D eigenvalue weighted by molar-refractivity contribution is 7.13. The highest BCUT2D eigenvalue weighted by Crippen LogP contribution is 2.55. The van der Waals surface area contributed by atoms with Gasteiger partial charge in [0, 0.05) is 54.5 Å². The molecule has 0 spiro atoms. The topological polar surface area (TPSA) is 171 Å². The summed E-state index contributed by atoms with van der Waals surface area (Å²) in [7, 11) is 0. The molecule has 2 heterocycles. The highest BCUT2D eigenvalue weighted by atomic mass is 35.5. The standard InChI is InChI=1S/C54H68ClN5O7S/c1-9-42-46(68-33-57-42)36-20-15-35(16-21-36)19-26-44(62)43-28-39(61)31-60(43)49(65)47(52(2,3)4)58-45(63)32-66-27-13-11-10-12-14-34-17-22-37(23-18-34)48(64)59-50-53(5,6)51(54(50,7)8)67-40-25-24-38(30-56)41(55)29-40/h15-18,20-25,29,33,39,43,47,50-51,61H,9-14,19,26-28,31-32H2,1-8H3,(H,58,63)(H,59,64)/t39-,43+,47-,50?,51?/m1/s1. The van der Waals surface area contributed by atoms with Crippen LogP contribution in [0.15, 0.2) is 72.2 Å². The SMILES string of the molecule is CCc1ncsc1-c1ccc(CCC(=O)[C@@H]2C[C@@H](O)CN2C(=O)[C@@H](NC(=O)COCCCCCCc2ccc(C(=O)NC3C(C)(C)C(Oc4ccc(C#N)c(Cl)c4)C3(C)C)cc2)C(C)(C)C)cc1. The number of aliphatic hydroxyl groups excluding tert-OH is 1. The van der Waals surface area contributed by atoms with Crippen LogP contribution in [0.3, 0.4) is 0 Å². The molecule has 3 N–H and O–H groups in total. The number of thiazole rings is 1. The molecule has 0 bridgehead atoms. The maximum Gasteiger partial charge on any atom is 0.251 e. The first-order valence-corrected chi connectivity index (χ1v) is 25.2. The van der Waals surface area contributed by atoms with Crippen molar-refractivity contribution in [2.75, 3.05) is 19.8 Å². The zero-order valence-corrected chi connectivity index (χ0v) is 42.4. The number of aryl methyl sites for hydroxylation is 3. The first kappa shape index (κ1) is 52.2. The molecule has 3 amide bonds. The molecule has 1 aliphatic heterocycles. The second kappa shape index (κ2) is 22.5. The van der Waals surface area contributed by atoms with E-state index in [9.17, 15) is 29.5 Å². The van der Waals surface area contributed by atoms with Crippen molar-refractivity contribution in [2.24, 2.45) is 16.2 Å². The molecule has 0 radical (unpaired) electrons. The molecular weight excluding hydrogens is 898 g/mol. The number of nitrogens with zero attached hydrogens (tertiary/aromatic N) is 3. The van der Waals surface area contributed by atoms with Crippen molar-refractivity contribution in [3.05, 3.63) is 105 Å². The van der Waals surface area contributed by atoms with E-state index in [1.807, 2.05) is 62.7 Å². The zero-order chi connectivity index (χ0) is 49.4. The van der Waals surface area contributed by atoms with Crippen LogP contribution in [-0.4, -0.2) is 88.6 Å². The lowest BCUT2D eigenvalue weighted by atomic mass is 9.49. The number of nitrogens with one attached hydrogen (secondary N) is 2. The summed E-state index contributed by atoms with van der Waals surface area (Å²) in [5, 5.41) is 26.3. The molecule has 12 nitrogen and oxygen atoms in total. The van der Waals surface area contributed by atoms with Gasteiger partial charge in [-0.3, -0.25) is 19.2 Å². The number of halogens is 1. The van der Waals surface area contributed by atoms with E-state index in [0.29, 0.717) is 34.9 Å². The van der Waals surface area contributed by atoms with Gasteiger partial charge >= 0.3 is 0 Å². The van der Waals surface area contributed by atoms with E-state index in [-0.39, 0.29) is 66.6 Å². The molecule has 364 valence electrons. The van der Waals surface area contributed by atoms with Crippen LogP contribution >= 0.6 is 22.9 Å². The lowest BCUT2D eigenvalue weighted by Gasteiger charge is -2.63. The summed E-state index contributed by atoms with van der Waals surface area (Å²) in [5.41, 5.74) is 5.79. The Kier molecular flexibility index (Phi) is 17.3. The number of Topliss-reactive ketones (excluding diaryl/α,β-unsaturated/α-hetero) is 1. The number of likely N-dealkylation sites (tertiary alicyclic amines) is 1. The molecular formula is C54H68ClN5O7S. The molecule has 14 heteroatoms. The van der Waals surface area contributed by atoms with E-state index in [0.717, 1.165) is 65.8 Å². The van der Waals surface area contributed by atoms with Crippen LogP contribution in [0, 0.1) is 27.6 Å². The summed E-state index contributed by atoms with van der Waals surface area (Å²) in [6, 6.07) is 21.2. The molecule has 1 saturated carbocycles. The number of carbonyl (C=O) groups excluding carboxylic acids is 4. The number of nitriles is 1. The average molecular weight is 967 g/mol. The molecule has 2 fully saturated rings. The van der Waals surface area contributed by atoms with Crippen molar-refractivity contribution in [3.8, 4) is 22.3 Å². The normalized spacial score (nSPS) is 19.9. The third-order valence-electron chi connectivity index (χ3n) is 13.6. The summed E-state index contributed by atoms with van der Waals surface area (Å²) >= 11 is 7.86. The van der Waals surface area contributed by atoms with E-state index in [4.69, 9.17) is 21.1 Å². The van der Waals surface area contributed by atoms with Gasteiger partial charge in [-0.15, -0.1) is 11.3 Å². The van der Waals surface area contributed by atoms with E-state index in [1.165, 1.54) is 4.90 Å². The largest absolute Gasteiger partial charge is 0.489 e. The minimum Gasteiger partial charge on any atom is -0.489 e. The van der Waals surface area contributed by atoms with Gasteiger partial charge in [-0.25, -0.2) is 4.98 Å². The summed E-state index contributed by atoms with van der Waals surface area (Å²) < 4.78 is 12.1. The Morgan fingerprint density at radius 2 is 1.62 bits per heavy atom. The van der Waals surface area contributed by atoms with Gasteiger partial charge in [-0.05, 0) is 78.5 Å². The van der Waals surface area contributed by atoms with Gasteiger partial charge in [0.05, 0.1) is 38.8 Å². The molecule has 1 aromatic heterocycles. The number of rotatable bonds is 21. The highest BCUT2D eigenvalue weighted by Gasteiger charge is 2.64. The number of benzene rings is 3. The van der Waals surface area contributed by atoms with Crippen LogP contribution in [0.1, 0.15) is 127 Å². The van der Waals surface area contributed by atoms with Crippen LogP contribution in [-0.2, 0) is 38.4 Å². The predicted molar refractivity (Wildman–Crippen MR) is 267 cm³/mol. The third-order valence-corrected chi connectivity index (χ3v) is 14.8. The molecule has 1 saturated heterocycles. The Balaban J connectivity index is 0.879. The minimum absolute atomic E-state index is 0.0376. The number of carbonyl (C=O) groups is 4. The fraction of sp³-hybridized carbons (Fsp3) is 0.519. The summed E-state index contributed by atoms with van der Waals surface area (Å²) in [6.45, 7) is 16.3. The quantitative estimate of drug-likeness (QED) is 0.0689. The first-order chi connectivity index (χ1) is 32.2. The molecule has 68 heavy (non-hydrogen) atoms. The number of unbranched alkanes of at least 4 members (excludes halogenated alkanes) is 3. The van der Waals surface area contributed by atoms with Crippen molar-refractivity contribution in [2.45, 2.75) is 144 Å². The lowest BCUT2D eigenvalue weighted by Crippen LogP contribution is -2.74. The molecule has 2 aliphatic rings. The Hall–Kier alpha value is -5.13. The number of hydrogen-bond donors (Lipinski definition) is 3.